The van der Waals surface area contributed by atoms with E-state index >= 15 is 0 Å². The van der Waals surface area contributed by atoms with Gasteiger partial charge in [0.1, 0.15) is 5.75 Å². The first-order chi connectivity index (χ1) is 13.1. The fraction of sp³-hybridized carbons (Fsp3) is 0.524. The molecule has 1 aromatic heterocycles. The van der Waals surface area contributed by atoms with Gasteiger partial charge in [-0.2, -0.15) is 5.10 Å². The highest BCUT2D eigenvalue weighted by molar-refractivity contribution is 5.93. The maximum atomic E-state index is 12.8. The van der Waals surface area contributed by atoms with E-state index in [9.17, 15) is 4.79 Å². The molecule has 2 atom stereocenters. The lowest BCUT2D eigenvalue weighted by atomic mass is 9.67. The van der Waals surface area contributed by atoms with Gasteiger partial charge in [-0.05, 0) is 55.2 Å². The average Bonchev–Trinajstić information content (AvgIpc) is 3.12. The Morgan fingerprint density at radius 3 is 2.63 bits per heavy atom. The number of nitrogens with one attached hydrogen (secondary N) is 1. The van der Waals surface area contributed by atoms with Gasteiger partial charge in [-0.15, -0.1) is 0 Å². The largest absolute Gasteiger partial charge is 0.497 e. The number of carbonyl (C=O) groups is 1. The van der Waals surface area contributed by atoms with Crippen LogP contribution in [0.1, 0.15) is 48.0 Å². The lowest BCUT2D eigenvalue weighted by Crippen LogP contribution is -2.53. The van der Waals surface area contributed by atoms with Crippen molar-refractivity contribution in [3.05, 3.63) is 47.8 Å². The highest BCUT2D eigenvalue weighted by Gasteiger charge is 2.40. The zero-order chi connectivity index (χ0) is 18.8. The molecule has 1 heterocycles. The number of aromatic nitrogens is 2. The second kappa shape index (κ2) is 7.72. The highest BCUT2D eigenvalue weighted by atomic mass is 16.5. The molecule has 2 saturated carbocycles. The fourth-order valence-corrected chi connectivity index (χ4v) is 4.74. The lowest BCUT2D eigenvalue weighted by Gasteiger charge is -2.45. The molecule has 6 nitrogen and oxygen atoms in total. The Kier molecular flexibility index (Phi) is 5.16. The molecular formula is C21H28N4O2. The van der Waals surface area contributed by atoms with E-state index in [0.717, 1.165) is 24.2 Å². The van der Waals surface area contributed by atoms with Gasteiger partial charge in [0.05, 0.1) is 25.4 Å². The second-order valence-electron chi connectivity index (χ2n) is 7.96. The van der Waals surface area contributed by atoms with E-state index in [2.05, 4.69) is 10.4 Å². The number of benzene rings is 1. The Hall–Kier alpha value is -2.34. The molecule has 2 bridgehead atoms. The van der Waals surface area contributed by atoms with Gasteiger partial charge in [-0.3, -0.25) is 9.48 Å². The van der Waals surface area contributed by atoms with Gasteiger partial charge in [-0.25, -0.2) is 0 Å². The molecule has 2 aliphatic carbocycles. The number of hydrogen-bond donors (Lipinski definition) is 2. The van der Waals surface area contributed by atoms with Crippen LogP contribution in [0, 0.1) is 11.8 Å². The van der Waals surface area contributed by atoms with Crippen molar-refractivity contribution in [3.8, 4) is 5.75 Å². The first-order valence-electron chi connectivity index (χ1n) is 9.84. The molecule has 0 aliphatic heterocycles. The van der Waals surface area contributed by atoms with Crippen molar-refractivity contribution >= 4 is 5.91 Å². The van der Waals surface area contributed by atoms with Crippen LogP contribution in [0.5, 0.6) is 5.75 Å². The minimum absolute atomic E-state index is 0.0200. The quantitative estimate of drug-likeness (QED) is 0.850. The zero-order valence-corrected chi connectivity index (χ0v) is 15.8. The van der Waals surface area contributed by atoms with Crippen LogP contribution in [0.15, 0.2) is 36.7 Å². The SMILES string of the molecule is COc1ccc(Cn2cc(C(=O)NC3C4CCCC3CC(N)C4)cn2)cc1. The molecule has 2 aromatic rings. The van der Waals surface area contributed by atoms with Gasteiger partial charge in [0.2, 0.25) is 0 Å². The number of rotatable bonds is 5. The number of amides is 1. The molecule has 2 fully saturated rings. The summed E-state index contributed by atoms with van der Waals surface area (Å²) in [5.41, 5.74) is 7.92. The average molecular weight is 368 g/mol. The Morgan fingerprint density at radius 1 is 1.26 bits per heavy atom. The summed E-state index contributed by atoms with van der Waals surface area (Å²) in [5.74, 6) is 1.85. The van der Waals surface area contributed by atoms with Crippen LogP contribution in [0.2, 0.25) is 0 Å². The normalized spacial score (nSPS) is 27.2. The molecule has 3 N–H and O–H groups in total. The maximum absolute atomic E-state index is 12.8. The number of ether oxygens (including phenoxy) is 1. The summed E-state index contributed by atoms with van der Waals surface area (Å²) in [6.07, 6.45) is 9.13. The van der Waals surface area contributed by atoms with Gasteiger partial charge in [-0.1, -0.05) is 18.6 Å². The fourth-order valence-electron chi connectivity index (χ4n) is 4.74. The number of methoxy groups -OCH3 is 1. The van der Waals surface area contributed by atoms with Crippen molar-refractivity contribution in [2.75, 3.05) is 7.11 Å². The van der Waals surface area contributed by atoms with Crippen molar-refractivity contribution in [3.63, 3.8) is 0 Å². The Bertz CT molecular complexity index is 772. The van der Waals surface area contributed by atoms with Crippen LogP contribution < -0.4 is 15.8 Å². The van der Waals surface area contributed by atoms with Crippen molar-refractivity contribution in [2.24, 2.45) is 17.6 Å². The summed E-state index contributed by atoms with van der Waals surface area (Å²) in [4.78, 5) is 12.8. The number of fused-ring (bicyclic) bond motifs is 2. The molecule has 0 radical (unpaired) electrons. The number of hydrogen-bond acceptors (Lipinski definition) is 4. The minimum Gasteiger partial charge on any atom is -0.497 e. The van der Waals surface area contributed by atoms with Crippen LogP contribution in [-0.2, 0) is 6.54 Å². The van der Waals surface area contributed by atoms with Crippen LogP contribution >= 0.6 is 0 Å². The first-order valence-corrected chi connectivity index (χ1v) is 9.84. The van der Waals surface area contributed by atoms with Gasteiger partial charge in [0, 0.05) is 18.3 Å². The van der Waals surface area contributed by atoms with Crippen LogP contribution in [0.4, 0.5) is 0 Å². The standard InChI is InChI=1S/C21H28N4O2/c1-27-19-7-5-14(6-8-19)12-25-13-17(11-23-25)21(26)24-20-15-3-2-4-16(20)10-18(22)9-15/h5-8,11,13,15-16,18,20H,2-4,9-10,12,22H2,1H3,(H,24,26). The molecule has 0 saturated heterocycles. The third kappa shape index (κ3) is 4.00. The summed E-state index contributed by atoms with van der Waals surface area (Å²) in [5, 5.41) is 7.64. The third-order valence-electron chi connectivity index (χ3n) is 6.07. The highest BCUT2D eigenvalue weighted by Crippen LogP contribution is 2.39. The maximum Gasteiger partial charge on any atom is 0.254 e. The van der Waals surface area contributed by atoms with Crippen LogP contribution in [0.3, 0.4) is 0 Å². The Labute approximate surface area is 160 Å². The summed E-state index contributed by atoms with van der Waals surface area (Å²) in [7, 11) is 1.65. The zero-order valence-electron chi connectivity index (χ0n) is 15.8. The van der Waals surface area contributed by atoms with Crippen molar-refractivity contribution in [1.29, 1.82) is 0 Å². The summed E-state index contributed by atoms with van der Waals surface area (Å²) < 4.78 is 6.98. The van der Waals surface area contributed by atoms with Gasteiger partial charge in [0.25, 0.3) is 5.91 Å². The van der Waals surface area contributed by atoms with E-state index in [4.69, 9.17) is 10.5 Å². The first kappa shape index (κ1) is 18.0. The molecule has 0 spiro atoms. The summed E-state index contributed by atoms with van der Waals surface area (Å²) in [6, 6.07) is 8.42. The van der Waals surface area contributed by atoms with Crippen molar-refractivity contribution < 1.29 is 9.53 Å². The molecule has 2 aliphatic rings. The third-order valence-corrected chi connectivity index (χ3v) is 6.07. The predicted octanol–water partition coefficient (Wildman–Crippen LogP) is 2.58. The van der Waals surface area contributed by atoms with E-state index in [-0.39, 0.29) is 11.9 Å². The molecule has 6 heteroatoms. The van der Waals surface area contributed by atoms with E-state index in [1.54, 1.807) is 18.0 Å². The van der Waals surface area contributed by atoms with Crippen LogP contribution in [0.25, 0.3) is 0 Å². The monoisotopic (exact) mass is 368 g/mol. The second-order valence-corrected chi connectivity index (χ2v) is 7.96. The van der Waals surface area contributed by atoms with Crippen LogP contribution in [-0.4, -0.2) is 34.9 Å². The molecule has 144 valence electrons. The van der Waals surface area contributed by atoms with E-state index < -0.39 is 0 Å². The predicted molar refractivity (Wildman–Crippen MR) is 104 cm³/mol. The smallest absolute Gasteiger partial charge is 0.254 e. The molecule has 27 heavy (non-hydrogen) atoms. The minimum atomic E-state index is -0.0200. The summed E-state index contributed by atoms with van der Waals surface area (Å²) >= 11 is 0. The van der Waals surface area contributed by atoms with E-state index in [1.807, 2.05) is 30.5 Å². The molecule has 4 rings (SSSR count). The van der Waals surface area contributed by atoms with E-state index in [0.29, 0.717) is 30.0 Å². The van der Waals surface area contributed by atoms with Gasteiger partial charge < -0.3 is 15.8 Å². The Balaban J connectivity index is 1.39. The van der Waals surface area contributed by atoms with Gasteiger partial charge >= 0.3 is 0 Å². The molecule has 1 aromatic carbocycles. The molecular weight excluding hydrogens is 340 g/mol. The van der Waals surface area contributed by atoms with Crippen molar-refractivity contribution in [1.82, 2.24) is 15.1 Å². The molecule has 1 amide bonds. The number of nitrogens with zero attached hydrogens (tertiary/aromatic N) is 2. The van der Waals surface area contributed by atoms with Gasteiger partial charge in [0.15, 0.2) is 0 Å². The van der Waals surface area contributed by atoms with E-state index in [1.165, 1.54) is 19.3 Å². The number of carbonyl (C=O) groups excluding carboxylic acids is 1. The number of nitrogens with two attached hydrogens (primary N) is 1. The molecule has 2 unspecified atom stereocenters. The Morgan fingerprint density at radius 2 is 1.96 bits per heavy atom. The summed E-state index contributed by atoms with van der Waals surface area (Å²) in [6.45, 7) is 0.626. The topological polar surface area (TPSA) is 82.2 Å². The lowest BCUT2D eigenvalue weighted by molar-refractivity contribution is 0.0756. The van der Waals surface area contributed by atoms with Crippen molar-refractivity contribution in [2.45, 2.75) is 50.7 Å².